The zero-order valence-electron chi connectivity index (χ0n) is 5.53. The smallest absolute Gasteiger partial charge is 0.0375 e. The van der Waals surface area contributed by atoms with E-state index in [0.717, 1.165) is 11.4 Å². The average molecular weight is 208 g/mol. The van der Waals surface area contributed by atoms with E-state index in [2.05, 4.69) is 4.98 Å². The first-order chi connectivity index (χ1) is 3.79. The first kappa shape index (κ1) is 8.77. The Balaban J connectivity index is 0.000000640. The summed E-state index contributed by atoms with van der Waals surface area (Å²) >= 11 is 0. The van der Waals surface area contributed by atoms with E-state index < -0.39 is 0 Å². The number of aromatic nitrogens is 1. The van der Waals surface area contributed by atoms with E-state index in [1.54, 1.807) is 0 Å². The molecular weight excluding hydrogens is 199 g/mol. The van der Waals surface area contributed by atoms with E-state index in [1.165, 1.54) is 0 Å². The van der Waals surface area contributed by atoms with Crippen LogP contribution in [0, 0.1) is 13.8 Å². The Bertz CT molecular complexity index is 169. The molecule has 0 aliphatic heterocycles. The molecule has 0 spiro atoms. The van der Waals surface area contributed by atoms with Gasteiger partial charge in [-0.2, -0.15) is 0 Å². The van der Waals surface area contributed by atoms with Crippen LogP contribution >= 0.6 is 0 Å². The normalized spacial score (nSPS) is 8.22. The van der Waals surface area contributed by atoms with E-state index in [0.29, 0.717) is 0 Å². The summed E-state index contributed by atoms with van der Waals surface area (Å²) in [6.07, 6.45) is 0. The van der Waals surface area contributed by atoms with Gasteiger partial charge in [0.15, 0.2) is 0 Å². The van der Waals surface area contributed by atoms with Gasteiger partial charge in [-0.05, 0) is 26.0 Å². The maximum atomic E-state index is 4.17. The van der Waals surface area contributed by atoms with Crippen LogP contribution in [0.1, 0.15) is 11.4 Å². The van der Waals surface area contributed by atoms with E-state index >= 15 is 0 Å². The Morgan fingerprint density at radius 2 is 1.56 bits per heavy atom. The van der Waals surface area contributed by atoms with E-state index in [4.69, 9.17) is 0 Å². The van der Waals surface area contributed by atoms with Crippen LogP contribution in [0.5, 0.6) is 0 Å². The monoisotopic (exact) mass is 209 g/mol. The second kappa shape index (κ2) is 3.73. The predicted molar refractivity (Wildman–Crippen MR) is 33.7 cm³/mol. The van der Waals surface area contributed by atoms with Crippen LogP contribution in [-0.2, 0) is 19.5 Å². The molecule has 1 aromatic heterocycles. The van der Waals surface area contributed by atoms with Crippen LogP contribution in [0.25, 0.3) is 0 Å². The maximum absolute atomic E-state index is 4.17. The summed E-state index contributed by atoms with van der Waals surface area (Å²) in [4.78, 5) is 4.17. The summed E-state index contributed by atoms with van der Waals surface area (Å²) in [5, 5.41) is 0. The second-order valence-corrected chi connectivity index (χ2v) is 1.92. The fourth-order valence-electron chi connectivity index (χ4n) is 0.679. The first-order valence-corrected chi connectivity index (χ1v) is 2.69. The summed E-state index contributed by atoms with van der Waals surface area (Å²) in [5.41, 5.74) is 2.18. The molecule has 0 aromatic carbocycles. The topological polar surface area (TPSA) is 12.9 Å². The number of hydrogen-bond donors (Lipinski definition) is 0. The largest absolute Gasteiger partial charge is 0.258 e. The third kappa shape index (κ3) is 2.71. The van der Waals surface area contributed by atoms with Gasteiger partial charge < -0.3 is 0 Å². The summed E-state index contributed by atoms with van der Waals surface area (Å²) < 4.78 is 0. The number of rotatable bonds is 0. The standard InChI is InChI=1S/C7H9N.Ru/c1-6-4-3-5-7(2)8-6;/h3-5H,1-2H3;. The molecule has 0 saturated carbocycles. The molecule has 50 valence electrons. The molecule has 0 N–H and O–H groups in total. The van der Waals surface area contributed by atoms with Gasteiger partial charge in [0.25, 0.3) is 0 Å². The van der Waals surface area contributed by atoms with Crippen molar-refractivity contribution in [3.8, 4) is 0 Å². The Hall–Kier alpha value is -0.227. The molecule has 1 rings (SSSR count). The third-order valence-corrected chi connectivity index (χ3v) is 1.03. The molecule has 0 aliphatic rings. The molecule has 0 unspecified atom stereocenters. The quantitative estimate of drug-likeness (QED) is 0.591. The summed E-state index contributed by atoms with van der Waals surface area (Å²) in [7, 11) is 0. The molecule has 9 heavy (non-hydrogen) atoms. The van der Waals surface area contributed by atoms with Gasteiger partial charge in [0.05, 0.1) is 0 Å². The molecule has 1 aromatic rings. The molecule has 2 heteroatoms. The van der Waals surface area contributed by atoms with Crippen molar-refractivity contribution in [1.82, 2.24) is 4.98 Å². The van der Waals surface area contributed by atoms with Gasteiger partial charge in [-0.15, -0.1) is 0 Å². The predicted octanol–water partition coefficient (Wildman–Crippen LogP) is 1.70. The molecule has 0 fully saturated rings. The van der Waals surface area contributed by atoms with Gasteiger partial charge in [-0.25, -0.2) is 0 Å². The first-order valence-electron chi connectivity index (χ1n) is 2.69. The molecule has 0 saturated heterocycles. The molecular formula is C7H9NRu. The molecule has 0 bridgehead atoms. The number of pyridine rings is 1. The SMILES string of the molecule is Cc1cccc(C)n1.[Ru]. The number of nitrogens with zero attached hydrogens (tertiary/aromatic N) is 1. The number of hydrogen-bond acceptors (Lipinski definition) is 1. The van der Waals surface area contributed by atoms with Gasteiger partial charge in [0, 0.05) is 30.9 Å². The van der Waals surface area contributed by atoms with Crippen molar-refractivity contribution in [2.45, 2.75) is 13.8 Å². The second-order valence-electron chi connectivity index (χ2n) is 1.92. The zero-order valence-corrected chi connectivity index (χ0v) is 7.27. The van der Waals surface area contributed by atoms with Gasteiger partial charge >= 0.3 is 0 Å². The summed E-state index contributed by atoms with van der Waals surface area (Å²) in [6, 6.07) is 6.00. The molecule has 0 radical (unpaired) electrons. The number of aryl methyl sites for hydroxylation is 2. The van der Waals surface area contributed by atoms with Gasteiger partial charge in [-0.3, -0.25) is 4.98 Å². The fourth-order valence-corrected chi connectivity index (χ4v) is 0.679. The Morgan fingerprint density at radius 3 is 1.78 bits per heavy atom. The van der Waals surface area contributed by atoms with Crippen molar-refractivity contribution in [3.63, 3.8) is 0 Å². The van der Waals surface area contributed by atoms with Crippen LogP contribution in [0.15, 0.2) is 18.2 Å². The van der Waals surface area contributed by atoms with E-state index in [-0.39, 0.29) is 19.5 Å². The van der Waals surface area contributed by atoms with Crippen LogP contribution in [0.2, 0.25) is 0 Å². The van der Waals surface area contributed by atoms with Crippen LogP contribution in [-0.4, -0.2) is 4.98 Å². The van der Waals surface area contributed by atoms with Crippen LogP contribution in [0.3, 0.4) is 0 Å². The average Bonchev–Trinajstić information content (AvgIpc) is 1.64. The summed E-state index contributed by atoms with van der Waals surface area (Å²) in [6.45, 7) is 3.99. The van der Waals surface area contributed by atoms with Crippen molar-refractivity contribution < 1.29 is 19.5 Å². The Labute approximate surface area is 68.3 Å². The van der Waals surface area contributed by atoms with Crippen molar-refractivity contribution in [2.24, 2.45) is 0 Å². The maximum Gasteiger partial charge on any atom is 0.0375 e. The minimum atomic E-state index is 0. The van der Waals surface area contributed by atoms with Crippen LogP contribution < -0.4 is 0 Å². The molecule has 1 nitrogen and oxygen atoms in total. The Kier molecular flexibility index (Phi) is 3.64. The van der Waals surface area contributed by atoms with E-state index in [1.807, 2.05) is 32.0 Å². The van der Waals surface area contributed by atoms with Crippen molar-refractivity contribution in [2.75, 3.05) is 0 Å². The van der Waals surface area contributed by atoms with Gasteiger partial charge in [0.2, 0.25) is 0 Å². The minimum Gasteiger partial charge on any atom is -0.258 e. The van der Waals surface area contributed by atoms with E-state index in [9.17, 15) is 0 Å². The fraction of sp³-hybridized carbons (Fsp3) is 0.286. The summed E-state index contributed by atoms with van der Waals surface area (Å²) in [5.74, 6) is 0. The Morgan fingerprint density at radius 1 is 1.11 bits per heavy atom. The van der Waals surface area contributed by atoms with Crippen molar-refractivity contribution in [1.29, 1.82) is 0 Å². The molecule has 0 amide bonds. The molecule has 0 aliphatic carbocycles. The zero-order chi connectivity index (χ0) is 5.98. The third-order valence-electron chi connectivity index (χ3n) is 1.03. The molecule has 1 heterocycles. The van der Waals surface area contributed by atoms with Crippen LogP contribution in [0.4, 0.5) is 0 Å². The van der Waals surface area contributed by atoms with Crippen molar-refractivity contribution in [3.05, 3.63) is 29.6 Å². The van der Waals surface area contributed by atoms with Crippen molar-refractivity contribution >= 4 is 0 Å². The van der Waals surface area contributed by atoms with Gasteiger partial charge in [0.1, 0.15) is 0 Å². The minimum absolute atomic E-state index is 0. The van der Waals surface area contributed by atoms with Gasteiger partial charge in [-0.1, -0.05) is 6.07 Å². The molecule has 0 atom stereocenters.